The minimum Gasteiger partial charge on any atom is -0.364 e. The maximum Gasteiger partial charge on any atom is 0.331 e. The topological polar surface area (TPSA) is 56.8 Å². The van der Waals surface area contributed by atoms with Gasteiger partial charge in [0.25, 0.3) is 0 Å². The fourth-order valence-corrected chi connectivity index (χ4v) is 2.80. The van der Waals surface area contributed by atoms with Crippen LogP contribution in [0.25, 0.3) is 0 Å². The van der Waals surface area contributed by atoms with Gasteiger partial charge in [0.15, 0.2) is 0 Å². The summed E-state index contributed by atoms with van der Waals surface area (Å²) in [5.41, 5.74) is 0. The molecule has 0 aromatic carbocycles. The SMILES string of the molecule is CCOC(C)NCCP(=O)(OCC)OCC. The largest absolute Gasteiger partial charge is 0.364 e. The lowest BCUT2D eigenvalue weighted by atomic mass is 10.6. The molecule has 0 bridgehead atoms. The van der Waals surface area contributed by atoms with Crippen molar-refractivity contribution in [3.8, 4) is 0 Å². The molecule has 0 rings (SSSR count). The van der Waals surface area contributed by atoms with Crippen molar-refractivity contribution in [2.75, 3.05) is 32.5 Å². The van der Waals surface area contributed by atoms with Gasteiger partial charge in [0.05, 0.1) is 19.4 Å². The molecule has 0 aromatic heterocycles. The zero-order valence-corrected chi connectivity index (χ0v) is 11.6. The normalized spacial score (nSPS) is 14.0. The molecule has 0 spiro atoms. The smallest absolute Gasteiger partial charge is 0.331 e. The first-order chi connectivity index (χ1) is 7.58. The number of hydrogen-bond acceptors (Lipinski definition) is 5. The van der Waals surface area contributed by atoms with Crippen molar-refractivity contribution in [1.82, 2.24) is 5.32 Å². The van der Waals surface area contributed by atoms with Crippen molar-refractivity contribution in [2.45, 2.75) is 33.9 Å². The van der Waals surface area contributed by atoms with E-state index in [0.29, 0.717) is 32.5 Å². The molecular formula is C10H24NO4P. The number of ether oxygens (including phenoxy) is 1. The second-order valence-corrected chi connectivity index (χ2v) is 5.41. The molecule has 0 aliphatic carbocycles. The predicted octanol–water partition coefficient (Wildman–Crippen LogP) is 2.22. The second kappa shape index (κ2) is 9.14. The van der Waals surface area contributed by atoms with E-state index in [2.05, 4.69) is 5.32 Å². The Hall–Kier alpha value is 0.0700. The minimum absolute atomic E-state index is 0.0401. The van der Waals surface area contributed by atoms with Gasteiger partial charge in [0, 0.05) is 13.2 Å². The highest BCUT2D eigenvalue weighted by atomic mass is 31.2. The second-order valence-electron chi connectivity index (χ2n) is 3.22. The van der Waals surface area contributed by atoms with E-state index in [9.17, 15) is 4.57 Å². The summed E-state index contributed by atoms with van der Waals surface area (Å²) in [7, 11) is -2.91. The minimum atomic E-state index is -2.91. The maximum absolute atomic E-state index is 12.0. The molecular weight excluding hydrogens is 229 g/mol. The zero-order valence-electron chi connectivity index (χ0n) is 10.7. The van der Waals surface area contributed by atoms with Gasteiger partial charge in [-0.3, -0.25) is 9.88 Å². The molecule has 0 radical (unpaired) electrons. The molecule has 0 aromatic rings. The molecule has 1 atom stereocenters. The van der Waals surface area contributed by atoms with E-state index in [1.54, 1.807) is 0 Å². The average molecular weight is 253 g/mol. The Balaban J connectivity index is 3.88. The summed E-state index contributed by atoms with van der Waals surface area (Å²) in [4.78, 5) is 0. The third-order valence-corrected chi connectivity index (χ3v) is 3.96. The zero-order chi connectivity index (χ0) is 12.4. The van der Waals surface area contributed by atoms with Crippen LogP contribution in [0.4, 0.5) is 0 Å². The standard InChI is InChI=1S/C10H24NO4P/c1-5-13-10(4)11-8-9-16(12,14-6-2)15-7-3/h10-11H,5-9H2,1-4H3. The summed E-state index contributed by atoms with van der Waals surface area (Å²) in [5, 5.41) is 3.10. The summed E-state index contributed by atoms with van der Waals surface area (Å²) in [5.74, 6) is 0. The fraction of sp³-hybridized carbons (Fsp3) is 1.00. The van der Waals surface area contributed by atoms with Crippen LogP contribution in [0.1, 0.15) is 27.7 Å². The summed E-state index contributed by atoms with van der Waals surface area (Å²) < 4.78 is 27.6. The van der Waals surface area contributed by atoms with E-state index in [0.717, 1.165) is 0 Å². The van der Waals surface area contributed by atoms with Gasteiger partial charge in [-0.05, 0) is 27.7 Å². The van der Waals surface area contributed by atoms with Crippen LogP contribution >= 0.6 is 7.60 Å². The van der Waals surface area contributed by atoms with Crippen LogP contribution in [0.5, 0.6) is 0 Å². The number of hydrogen-bond donors (Lipinski definition) is 1. The Labute approximate surface area is 98.4 Å². The van der Waals surface area contributed by atoms with Crippen LogP contribution in [0.2, 0.25) is 0 Å². The van der Waals surface area contributed by atoms with Crippen LogP contribution in [0.3, 0.4) is 0 Å². The van der Waals surface area contributed by atoms with Crippen LogP contribution in [-0.4, -0.2) is 38.8 Å². The number of nitrogens with one attached hydrogen (secondary N) is 1. The monoisotopic (exact) mass is 253 g/mol. The quantitative estimate of drug-likeness (QED) is 0.478. The van der Waals surface area contributed by atoms with Crippen molar-refractivity contribution in [3.05, 3.63) is 0 Å². The molecule has 0 amide bonds. The molecule has 1 unspecified atom stereocenters. The Morgan fingerprint density at radius 3 is 2.12 bits per heavy atom. The van der Waals surface area contributed by atoms with Crippen molar-refractivity contribution >= 4 is 7.60 Å². The molecule has 0 saturated carbocycles. The average Bonchev–Trinajstić information content (AvgIpc) is 2.18. The molecule has 0 aliphatic rings. The van der Waals surface area contributed by atoms with E-state index < -0.39 is 7.60 Å². The third-order valence-electron chi connectivity index (χ3n) is 1.89. The van der Waals surface area contributed by atoms with Crippen molar-refractivity contribution < 1.29 is 18.3 Å². The van der Waals surface area contributed by atoms with Crippen molar-refractivity contribution in [3.63, 3.8) is 0 Å². The maximum atomic E-state index is 12.0. The van der Waals surface area contributed by atoms with Gasteiger partial charge in [0.1, 0.15) is 6.23 Å². The van der Waals surface area contributed by atoms with Crippen LogP contribution in [-0.2, 0) is 18.3 Å². The lowest BCUT2D eigenvalue weighted by molar-refractivity contribution is 0.0531. The Kier molecular flexibility index (Phi) is 9.18. The first-order valence-corrected chi connectivity index (χ1v) is 7.53. The van der Waals surface area contributed by atoms with E-state index in [-0.39, 0.29) is 6.23 Å². The summed E-state index contributed by atoms with van der Waals surface area (Å²) in [6.45, 7) is 9.47. The van der Waals surface area contributed by atoms with E-state index in [4.69, 9.17) is 13.8 Å². The highest BCUT2D eigenvalue weighted by molar-refractivity contribution is 7.53. The molecule has 0 fully saturated rings. The highest BCUT2D eigenvalue weighted by Crippen LogP contribution is 2.47. The first kappa shape index (κ1) is 16.1. The molecule has 1 N–H and O–H groups in total. The molecule has 0 aliphatic heterocycles. The van der Waals surface area contributed by atoms with E-state index in [1.165, 1.54) is 0 Å². The summed E-state index contributed by atoms with van der Waals surface area (Å²) >= 11 is 0. The molecule has 16 heavy (non-hydrogen) atoms. The summed E-state index contributed by atoms with van der Waals surface area (Å²) in [6, 6.07) is 0. The molecule has 98 valence electrons. The Morgan fingerprint density at radius 2 is 1.69 bits per heavy atom. The van der Waals surface area contributed by atoms with Gasteiger partial charge < -0.3 is 13.8 Å². The number of rotatable bonds is 10. The third kappa shape index (κ3) is 7.36. The van der Waals surface area contributed by atoms with Gasteiger partial charge >= 0.3 is 7.60 Å². The van der Waals surface area contributed by atoms with Crippen molar-refractivity contribution in [2.24, 2.45) is 0 Å². The van der Waals surface area contributed by atoms with E-state index >= 15 is 0 Å². The Morgan fingerprint density at radius 1 is 1.12 bits per heavy atom. The molecule has 0 saturated heterocycles. The van der Waals surface area contributed by atoms with Gasteiger partial charge in [-0.25, -0.2) is 0 Å². The highest BCUT2D eigenvalue weighted by Gasteiger charge is 2.22. The van der Waals surface area contributed by atoms with Gasteiger partial charge in [-0.15, -0.1) is 0 Å². The van der Waals surface area contributed by atoms with Gasteiger partial charge in [-0.2, -0.15) is 0 Å². The molecule has 5 nitrogen and oxygen atoms in total. The van der Waals surface area contributed by atoms with E-state index in [1.807, 2.05) is 27.7 Å². The lowest BCUT2D eigenvalue weighted by Gasteiger charge is -2.19. The fourth-order valence-electron chi connectivity index (χ4n) is 1.27. The van der Waals surface area contributed by atoms with Gasteiger partial charge in [0.2, 0.25) is 0 Å². The van der Waals surface area contributed by atoms with Crippen molar-refractivity contribution in [1.29, 1.82) is 0 Å². The predicted molar refractivity (Wildman–Crippen MR) is 64.8 cm³/mol. The van der Waals surface area contributed by atoms with Crippen LogP contribution in [0, 0.1) is 0 Å². The van der Waals surface area contributed by atoms with Crippen LogP contribution in [0.15, 0.2) is 0 Å². The lowest BCUT2D eigenvalue weighted by Crippen LogP contribution is -2.31. The first-order valence-electron chi connectivity index (χ1n) is 5.81. The van der Waals surface area contributed by atoms with Gasteiger partial charge in [-0.1, -0.05) is 0 Å². The Bertz CT molecular complexity index is 203. The summed E-state index contributed by atoms with van der Waals surface area (Å²) in [6.07, 6.45) is 0.327. The van der Waals surface area contributed by atoms with Crippen LogP contribution < -0.4 is 5.32 Å². The molecule has 0 heterocycles. The molecule has 6 heteroatoms.